The van der Waals surface area contributed by atoms with Crippen LogP contribution in [0.5, 0.6) is 0 Å². The standard InChI is InChI=1S/C6H11NO2S/c1-3-6(8)7-4-5-10(2)9/h3H,1,4-5H2,2H3,(H,7,8). The SMILES string of the molecule is C=CC(=O)NCCS(C)=O. The molecule has 1 unspecified atom stereocenters. The second-order valence-corrected chi connectivity index (χ2v) is 3.33. The van der Waals surface area contributed by atoms with Crippen molar-refractivity contribution in [2.24, 2.45) is 0 Å². The van der Waals surface area contributed by atoms with Gasteiger partial charge < -0.3 is 5.32 Å². The zero-order valence-corrected chi connectivity index (χ0v) is 6.74. The maximum atomic E-state index is 10.5. The van der Waals surface area contributed by atoms with Gasteiger partial charge in [-0.05, 0) is 6.08 Å². The summed E-state index contributed by atoms with van der Waals surface area (Å²) < 4.78 is 10.4. The normalized spacial score (nSPS) is 12.1. The third kappa shape index (κ3) is 5.50. The lowest BCUT2D eigenvalue weighted by Gasteiger charge is -1.97. The van der Waals surface area contributed by atoms with Crippen molar-refractivity contribution in [3.8, 4) is 0 Å². The van der Waals surface area contributed by atoms with Crippen LogP contribution in [0.15, 0.2) is 12.7 Å². The lowest BCUT2D eigenvalue weighted by molar-refractivity contribution is -0.116. The van der Waals surface area contributed by atoms with Gasteiger partial charge in [-0.15, -0.1) is 0 Å². The highest BCUT2D eigenvalue weighted by atomic mass is 32.2. The summed E-state index contributed by atoms with van der Waals surface area (Å²) in [5.74, 6) is 0.282. The maximum Gasteiger partial charge on any atom is 0.243 e. The van der Waals surface area contributed by atoms with E-state index in [1.165, 1.54) is 6.08 Å². The summed E-state index contributed by atoms with van der Waals surface area (Å²) in [6.45, 7) is 3.72. The molecule has 1 amide bonds. The highest BCUT2D eigenvalue weighted by molar-refractivity contribution is 7.84. The van der Waals surface area contributed by atoms with Gasteiger partial charge in [0, 0.05) is 29.4 Å². The molecule has 0 saturated carbocycles. The molecule has 0 aromatic rings. The smallest absolute Gasteiger partial charge is 0.243 e. The molecule has 0 aliphatic rings. The molecule has 58 valence electrons. The van der Waals surface area contributed by atoms with Crippen molar-refractivity contribution in [3.05, 3.63) is 12.7 Å². The van der Waals surface area contributed by atoms with Gasteiger partial charge >= 0.3 is 0 Å². The molecule has 0 aromatic carbocycles. The molecular formula is C6H11NO2S. The molecule has 0 aliphatic carbocycles. The largest absolute Gasteiger partial charge is 0.352 e. The van der Waals surface area contributed by atoms with Crippen molar-refractivity contribution in [2.75, 3.05) is 18.6 Å². The number of carbonyl (C=O) groups excluding carboxylic acids is 1. The summed E-state index contributed by atoms with van der Waals surface area (Å²) in [6, 6.07) is 0. The first-order chi connectivity index (χ1) is 4.66. The molecule has 0 radical (unpaired) electrons. The molecular weight excluding hydrogens is 150 g/mol. The topological polar surface area (TPSA) is 46.2 Å². The Kier molecular flexibility index (Phi) is 4.84. The van der Waals surface area contributed by atoms with E-state index in [0.29, 0.717) is 12.3 Å². The third-order valence-corrected chi connectivity index (χ3v) is 1.65. The van der Waals surface area contributed by atoms with Gasteiger partial charge in [0.1, 0.15) is 0 Å². The van der Waals surface area contributed by atoms with Gasteiger partial charge in [-0.2, -0.15) is 0 Å². The van der Waals surface area contributed by atoms with Crippen LogP contribution in [0.4, 0.5) is 0 Å². The summed E-state index contributed by atoms with van der Waals surface area (Å²) in [5, 5.41) is 2.51. The van der Waals surface area contributed by atoms with Crippen LogP contribution in [0.2, 0.25) is 0 Å². The van der Waals surface area contributed by atoms with E-state index in [-0.39, 0.29) is 5.91 Å². The predicted molar refractivity (Wildman–Crippen MR) is 42.1 cm³/mol. The van der Waals surface area contributed by atoms with Crippen molar-refractivity contribution in [2.45, 2.75) is 0 Å². The van der Waals surface area contributed by atoms with Crippen molar-refractivity contribution in [1.82, 2.24) is 5.32 Å². The quantitative estimate of drug-likeness (QED) is 0.574. The summed E-state index contributed by atoms with van der Waals surface area (Å²) in [4.78, 5) is 10.5. The Balaban J connectivity index is 3.28. The Bertz CT molecular complexity index is 156. The molecule has 0 bridgehead atoms. The monoisotopic (exact) mass is 161 g/mol. The first-order valence-corrected chi connectivity index (χ1v) is 4.60. The van der Waals surface area contributed by atoms with Gasteiger partial charge in [0.25, 0.3) is 0 Å². The van der Waals surface area contributed by atoms with Crippen molar-refractivity contribution in [1.29, 1.82) is 0 Å². The van der Waals surface area contributed by atoms with E-state index in [0.717, 1.165) is 0 Å². The number of hydrogen-bond donors (Lipinski definition) is 1. The van der Waals surface area contributed by atoms with Crippen LogP contribution in [0, 0.1) is 0 Å². The minimum Gasteiger partial charge on any atom is -0.352 e. The van der Waals surface area contributed by atoms with Crippen molar-refractivity contribution < 1.29 is 9.00 Å². The summed E-state index contributed by atoms with van der Waals surface area (Å²) in [7, 11) is -0.833. The zero-order valence-electron chi connectivity index (χ0n) is 5.92. The Morgan fingerprint density at radius 3 is 2.80 bits per heavy atom. The zero-order chi connectivity index (χ0) is 7.98. The highest BCUT2D eigenvalue weighted by Gasteiger charge is 1.93. The van der Waals surface area contributed by atoms with Gasteiger partial charge in [-0.3, -0.25) is 9.00 Å². The molecule has 1 atom stereocenters. The van der Waals surface area contributed by atoms with E-state index in [1.54, 1.807) is 6.26 Å². The van der Waals surface area contributed by atoms with E-state index < -0.39 is 10.8 Å². The van der Waals surface area contributed by atoms with Gasteiger partial charge in [0.05, 0.1) is 0 Å². The first-order valence-electron chi connectivity index (χ1n) is 2.87. The fourth-order valence-electron chi connectivity index (χ4n) is 0.390. The summed E-state index contributed by atoms with van der Waals surface area (Å²) >= 11 is 0. The Labute approximate surface area is 63.0 Å². The Morgan fingerprint density at radius 2 is 2.40 bits per heavy atom. The fourth-order valence-corrected chi connectivity index (χ4v) is 0.780. The van der Waals surface area contributed by atoms with Gasteiger partial charge in [0.15, 0.2) is 0 Å². The highest BCUT2D eigenvalue weighted by Crippen LogP contribution is 1.72. The van der Waals surface area contributed by atoms with E-state index in [2.05, 4.69) is 11.9 Å². The molecule has 3 nitrogen and oxygen atoms in total. The number of amides is 1. The third-order valence-electron chi connectivity index (χ3n) is 0.874. The molecule has 10 heavy (non-hydrogen) atoms. The first kappa shape index (κ1) is 9.36. The molecule has 4 heteroatoms. The Hall–Kier alpha value is -0.640. The number of nitrogens with one attached hydrogen (secondary N) is 1. The lowest BCUT2D eigenvalue weighted by atomic mass is 10.6. The van der Waals surface area contributed by atoms with Crippen LogP contribution < -0.4 is 5.32 Å². The van der Waals surface area contributed by atoms with Gasteiger partial charge in [0.2, 0.25) is 5.91 Å². The molecule has 0 saturated heterocycles. The number of hydrogen-bond acceptors (Lipinski definition) is 2. The van der Waals surface area contributed by atoms with Crippen LogP contribution in [-0.4, -0.2) is 28.7 Å². The van der Waals surface area contributed by atoms with E-state index >= 15 is 0 Å². The molecule has 0 aromatic heterocycles. The molecule has 0 heterocycles. The maximum absolute atomic E-state index is 10.5. The van der Waals surface area contributed by atoms with Crippen LogP contribution in [0.3, 0.4) is 0 Å². The average Bonchev–Trinajstić information content (AvgIpc) is 1.87. The van der Waals surface area contributed by atoms with E-state index in [4.69, 9.17) is 0 Å². The van der Waals surface area contributed by atoms with Gasteiger partial charge in [-0.1, -0.05) is 6.58 Å². The van der Waals surface area contributed by atoms with Crippen LogP contribution >= 0.6 is 0 Å². The molecule has 0 aliphatic heterocycles. The molecule has 0 fully saturated rings. The fraction of sp³-hybridized carbons (Fsp3) is 0.500. The molecule has 0 spiro atoms. The van der Waals surface area contributed by atoms with Crippen molar-refractivity contribution in [3.63, 3.8) is 0 Å². The average molecular weight is 161 g/mol. The van der Waals surface area contributed by atoms with Gasteiger partial charge in [-0.25, -0.2) is 0 Å². The number of rotatable bonds is 4. The minimum absolute atomic E-state index is 0.217. The summed E-state index contributed by atoms with van der Waals surface area (Å²) in [6.07, 6.45) is 2.79. The van der Waals surface area contributed by atoms with Crippen LogP contribution in [0.25, 0.3) is 0 Å². The Morgan fingerprint density at radius 1 is 1.80 bits per heavy atom. The minimum atomic E-state index is -0.833. The van der Waals surface area contributed by atoms with Crippen LogP contribution in [0.1, 0.15) is 0 Å². The second kappa shape index (κ2) is 5.17. The lowest BCUT2D eigenvalue weighted by Crippen LogP contribution is -2.25. The predicted octanol–water partition coefficient (Wildman–Crippen LogP) is -0.333. The second-order valence-electron chi connectivity index (χ2n) is 1.77. The molecule has 0 rings (SSSR count). The van der Waals surface area contributed by atoms with Crippen LogP contribution in [-0.2, 0) is 15.6 Å². The van der Waals surface area contributed by atoms with E-state index in [1.807, 2.05) is 0 Å². The van der Waals surface area contributed by atoms with Crippen molar-refractivity contribution >= 4 is 16.7 Å². The summed E-state index contributed by atoms with van der Waals surface area (Å²) in [5.41, 5.74) is 0. The number of carbonyl (C=O) groups is 1. The molecule has 1 N–H and O–H groups in total. The van der Waals surface area contributed by atoms with E-state index in [9.17, 15) is 9.00 Å².